The molecule has 4 nitrogen and oxygen atoms in total. The predicted molar refractivity (Wildman–Crippen MR) is 71.8 cm³/mol. The number of hydrogen-bond donors (Lipinski definition) is 2. The molecule has 2 atom stereocenters. The van der Waals surface area contributed by atoms with Crippen molar-refractivity contribution in [3.63, 3.8) is 0 Å². The van der Waals surface area contributed by atoms with Crippen molar-refractivity contribution >= 4 is 11.9 Å². The van der Waals surface area contributed by atoms with E-state index in [1.165, 1.54) is 0 Å². The summed E-state index contributed by atoms with van der Waals surface area (Å²) in [5, 5.41) is 12.1. The maximum atomic E-state index is 11.8. The number of benzene rings is 1. The van der Waals surface area contributed by atoms with E-state index in [0.29, 0.717) is 12.8 Å². The number of carboxylic acid groups (broad SMARTS) is 1. The lowest BCUT2D eigenvalue weighted by Crippen LogP contribution is -2.44. The summed E-state index contributed by atoms with van der Waals surface area (Å²) >= 11 is 0. The Labute approximate surface area is 112 Å². The molecule has 0 saturated heterocycles. The van der Waals surface area contributed by atoms with Crippen LogP contribution < -0.4 is 5.32 Å². The zero-order valence-electron chi connectivity index (χ0n) is 11.2. The molecule has 1 aromatic rings. The van der Waals surface area contributed by atoms with Crippen LogP contribution in [0.4, 0.5) is 0 Å². The molecule has 2 N–H and O–H groups in total. The Balaban J connectivity index is 2.11. The summed E-state index contributed by atoms with van der Waals surface area (Å²) in [6, 6.07) is 9.48. The minimum absolute atomic E-state index is 0.123. The van der Waals surface area contributed by atoms with Gasteiger partial charge in [-0.2, -0.15) is 0 Å². The smallest absolute Gasteiger partial charge is 0.330 e. The van der Waals surface area contributed by atoms with Crippen molar-refractivity contribution in [2.24, 2.45) is 5.92 Å². The summed E-state index contributed by atoms with van der Waals surface area (Å²) in [5.74, 6) is -1.03. The SMILES string of the molecule is CC(C)CC(=O)NC1(C(=O)O)CC1c1ccccc1. The van der Waals surface area contributed by atoms with Crippen LogP contribution >= 0.6 is 0 Å². The molecule has 2 rings (SSSR count). The third-order valence-corrected chi connectivity index (χ3v) is 3.50. The molecule has 1 fully saturated rings. The average Bonchev–Trinajstić information content (AvgIpc) is 3.05. The van der Waals surface area contributed by atoms with E-state index in [-0.39, 0.29) is 17.7 Å². The van der Waals surface area contributed by atoms with E-state index >= 15 is 0 Å². The Kier molecular flexibility index (Phi) is 3.60. The van der Waals surface area contributed by atoms with Crippen LogP contribution in [0.25, 0.3) is 0 Å². The Morgan fingerprint density at radius 3 is 2.53 bits per heavy atom. The lowest BCUT2D eigenvalue weighted by atomic mass is 10.1. The van der Waals surface area contributed by atoms with Crippen molar-refractivity contribution in [2.45, 2.75) is 38.1 Å². The maximum absolute atomic E-state index is 11.8. The second-order valence-corrected chi connectivity index (χ2v) is 5.59. The van der Waals surface area contributed by atoms with Crippen LogP contribution in [0.3, 0.4) is 0 Å². The van der Waals surface area contributed by atoms with E-state index in [4.69, 9.17) is 0 Å². The first kappa shape index (κ1) is 13.6. The van der Waals surface area contributed by atoms with E-state index in [0.717, 1.165) is 5.56 Å². The Morgan fingerprint density at radius 1 is 1.37 bits per heavy atom. The highest BCUT2D eigenvalue weighted by Gasteiger charge is 2.62. The minimum atomic E-state index is -1.10. The fourth-order valence-corrected chi connectivity index (χ4v) is 2.45. The van der Waals surface area contributed by atoms with Crippen LogP contribution in [-0.4, -0.2) is 22.5 Å². The maximum Gasteiger partial charge on any atom is 0.330 e. The Bertz CT molecular complexity index is 483. The molecular weight excluding hydrogens is 242 g/mol. The number of rotatable bonds is 5. The summed E-state index contributed by atoms with van der Waals surface area (Å²) in [5.41, 5.74) is -0.136. The summed E-state index contributed by atoms with van der Waals surface area (Å²) in [7, 11) is 0. The monoisotopic (exact) mass is 261 g/mol. The van der Waals surface area contributed by atoms with E-state index in [1.54, 1.807) is 0 Å². The number of carbonyl (C=O) groups excluding carboxylic acids is 1. The zero-order chi connectivity index (χ0) is 14.0. The normalized spacial score (nSPS) is 25.1. The van der Waals surface area contributed by atoms with Gasteiger partial charge in [-0.15, -0.1) is 0 Å². The van der Waals surface area contributed by atoms with Gasteiger partial charge in [0.2, 0.25) is 5.91 Å². The van der Waals surface area contributed by atoms with E-state index in [2.05, 4.69) is 5.32 Å². The van der Waals surface area contributed by atoms with Crippen LogP contribution in [0.1, 0.15) is 38.2 Å². The molecule has 4 heteroatoms. The fraction of sp³-hybridized carbons (Fsp3) is 0.467. The molecule has 0 bridgehead atoms. The van der Waals surface area contributed by atoms with Crippen LogP contribution in [0.5, 0.6) is 0 Å². The van der Waals surface area contributed by atoms with Gasteiger partial charge in [0.25, 0.3) is 0 Å². The van der Waals surface area contributed by atoms with Gasteiger partial charge < -0.3 is 10.4 Å². The molecule has 102 valence electrons. The lowest BCUT2D eigenvalue weighted by Gasteiger charge is -2.16. The molecule has 1 aromatic carbocycles. The fourth-order valence-electron chi connectivity index (χ4n) is 2.45. The van der Waals surface area contributed by atoms with Gasteiger partial charge in [-0.05, 0) is 17.9 Å². The van der Waals surface area contributed by atoms with Crippen molar-refractivity contribution in [2.75, 3.05) is 0 Å². The first-order chi connectivity index (χ1) is 8.95. The second-order valence-electron chi connectivity index (χ2n) is 5.59. The number of aliphatic carboxylic acids is 1. The van der Waals surface area contributed by atoms with Gasteiger partial charge in [0.1, 0.15) is 5.54 Å². The highest BCUT2D eigenvalue weighted by Crippen LogP contribution is 2.51. The third-order valence-electron chi connectivity index (χ3n) is 3.50. The van der Waals surface area contributed by atoms with Crippen molar-refractivity contribution in [3.05, 3.63) is 35.9 Å². The van der Waals surface area contributed by atoms with E-state index in [1.807, 2.05) is 44.2 Å². The molecule has 0 spiro atoms. The Hall–Kier alpha value is -1.84. The van der Waals surface area contributed by atoms with Crippen molar-refractivity contribution in [1.82, 2.24) is 5.32 Å². The van der Waals surface area contributed by atoms with Gasteiger partial charge >= 0.3 is 5.97 Å². The van der Waals surface area contributed by atoms with E-state index < -0.39 is 11.5 Å². The summed E-state index contributed by atoms with van der Waals surface area (Å²) in [4.78, 5) is 23.3. The predicted octanol–water partition coefficient (Wildman–Crippen LogP) is 2.16. The molecule has 0 aliphatic heterocycles. The standard InChI is InChI=1S/C15H19NO3/c1-10(2)8-13(17)16-15(14(18)19)9-12(15)11-6-4-3-5-7-11/h3-7,10,12H,8-9H2,1-2H3,(H,16,17)(H,18,19). The van der Waals surface area contributed by atoms with Crippen LogP contribution in [-0.2, 0) is 9.59 Å². The van der Waals surface area contributed by atoms with Crippen molar-refractivity contribution in [1.29, 1.82) is 0 Å². The van der Waals surface area contributed by atoms with E-state index in [9.17, 15) is 14.7 Å². The number of carbonyl (C=O) groups is 2. The summed E-state index contributed by atoms with van der Waals surface area (Å²) < 4.78 is 0. The molecule has 1 saturated carbocycles. The van der Waals surface area contributed by atoms with Gasteiger partial charge in [-0.25, -0.2) is 4.79 Å². The third kappa shape index (κ3) is 2.78. The molecular formula is C15H19NO3. The quantitative estimate of drug-likeness (QED) is 0.853. The van der Waals surface area contributed by atoms with Gasteiger partial charge in [0.05, 0.1) is 0 Å². The number of amides is 1. The molecule has 0 aromatic heterocycles. The zero-order valence-corrected chi connectivity index (χ0v) is 11.2. The van der Waals surface area contributed by atoms with Gasteiger partial charge in [-0.1, -0.05) is 44.2 Å². The van der Waals surface area contributed by atoms with Crippen LogP contribution in [0.15, 0.2) is 30.3 Å². The average molecular weight is 261 g/mol. The molecule has 19 heavy (non-hydrogen) atoms. The van der Waals surface area contributed by atoms with Gasteiger partial charge in [-0.3, -0.25) is 4.79 Å². The summed E-state index contributed by atoms with van der Waals surface area (Å²) in [6.07, 6.45) is 0.826. The largest absolute Gasteiger partial charge is 0.479 e. The molecule has 1 aliphatic rings. The van der Waals surface area contributed by atoms with Gasteiger partial charge in [0, 0.05) is 12.3 Å². The molecule has 1 aliphatic carbocycles. The minimum Gasteiger partial charge on any atom is -0.479 e. The van der Waals surface area contributed by atoms with Crippen LogP contribution in [0.2, 0.25) is 0 Å². The number of carboxylic acids is 1. The number of hydrogen-bond acceptors (Lipinski definition) is 2. The van der Waals surface area contributed by atoms with Gasteiger partial charge in [0.15, 0.2) is 0 Å². The first-order valence-electron chi connectivity index (χ1n) is 6.55. The second kappa shape index (κ2) is 5.03. The van der Waals surface area contributed by atoms with Crippen molar-refractivity contribution < 1.29 is 14.7 Å². The van der Waals surface area contributed by atoms with Crippen molar-refractivity contribution in [3.8, 4) is 0 Å². The molecule has 2 unspecified atom stereocenters. The number of nitrogens with one attached hydrogen (secondary N) is 1. The highest BCUT2D eigenvalue weighted by atomic mass is 16.4. The molecule has 0 radical (unpaired) electrons. The topological polar surface area (TPSA) is 66.4 Å². The molecule has 1 amide bonds. The molecule has 0 heterocycles. The van der Waals surface area contributed by atoms with Crippen LogP contribution in [0, 0.1) is 5.92 Å². The highest BCUT2D eigenvalue weighted by molar-refractivity contribution is 5.91. The lowest BCUT2D eigenvalue weighted by molar-refractivity contribution is -0.143. The first-order valence-corrected chi connectivity index (χ1v) is 6.55. The Morgan fingerprint density at radius 2 is 2.00 bits per heavy atom. The summed E-state index contributed by atoms with van der Waals surface area (Å²) in [6.45, 7) is 3.88.